The first kappa shape index (κ1) is 15.9. The summed E-state index contributed by atoms with van der Waals surface area (Å²) in [5.41, 5.74) is 8.35. The first-order chi connectivity index (χ1) is 10.0. The Morgan fingerprint density at radius 1 is 1.33 bits per heavy atom. The number of benzene rings is 1. The molecular weight excluding hydrogens is 260 g/mol. The minimum Gasteiger partial charge on any atom is -0.398 e. The van der Waals surface area contributed by atoms with Gasteiger partial charge in [-0.15, -0.1) is 0 Å². The first-order valence-corrected chi connectivity index (χ1v) is 8.16. The van der Waals surface area contributed by atoms with Gasteiger partial charge in [-0.2, -0.15) is 0 Å². The summed E-state index contributed by atoms with van der Waals surface area (Å²) in [4.78, 5) is 15.1. The predicted molar refractivity (Wildman–Crippen MR) is 88.3 cm³/mol. The van der Waals surface area contributed by atoms with Crippen molar-refractivity contribution in [2.75, 3.05) is 12.3 Å². The lowest BCUT2D eigenvalue weighted by atomic mass is 10.0. The van der Waals surface area contributed by atoms with Gasteiger partial charge in [-0.25, -0.2) is 0 Å². The lowest BCUT2D eigenvalue weighted by Crippen LogP contribution is -2.40. The summed E-state index contributed by atoms with van der Waals surface area (Å²) in [6.07, 6.45) is 5.83. The van der Waals surface area contributed by atoms with E-state index in [1.54, 1.807) is 0 Å². The smallest absolute Gasteiger partial charge is 0.254 e. The Bertz CT molecular complexity index is 490. The van der Waals surface area contributed by atoms with E-state index < -0.39 is 0 Å². The van der Waals surface area contributed by atoms with Gasteiger partial charge in [0, 0.05) is 23.8 Å². The number of carbonyl (C=O) groups is 1. The van der Waals surface area contributed by atoms with Gasteiger partial charge in [-0.05, 0) is 49.8 Å². The molecule has 0 aliphatic heterocycles. The molecule has 1 amide bonds. The van der Waals surface area contributed by atoms with E-state index in [1.165, 1.54) is 12.8 Å². The number of nitrogens with zero attached hydrogens (tertiary/aromatic N) is 1. The molecule has 3 heteroatoms. The number of hydrogen-bond donors (Lipinski definition) is 1. The number of anilines is 1. The maximum atomic E-state index is 13.0. The molecule has 116 valence electrons. The second kappa shape index (κ2) is 6.97. The molecule has 0 radical (unpaired) electrons. The van der Waals surface area contributed by atoms with Crippen LogP contribution in [0.15, 0.2) is 18.2 Å². The second-order valence-electron chi connectivity index (χ2n) is 6.64. The molecular formula is C18H28N2O. The summed E-state index contributed by atoms with van der Waals surface area (Å²) < 4.78 is 0. The number of hydrogen-bond acceptors (Lipinski definition) is 2. The van der Waals surface area contributed by atoms with Crippen LogP contribution in [0.25, 0.3) is 0 Å². The van der Waals surface area contributed by atoms with Crippen molar-refractivity contribution in [2.24, 2.45) is 5.92 Å². The third kappa shape index (κ3) is 3.78. The van der Waals surface area contributed by atoms with Gasteiger partial charge < -0.3 is 10.6 Å². The summed E-state index contributed by atoms with van der Waals surface area (Å²) in [6.45, 7) is 7.22. The third-order valence-electron chi connectivity index (χ3n) is 4.58. The normalized spacial score (nSPS) is 15.6. The second-order valence-corrected chi connectivity index (χ2v) is 6.64. The highest BCUT2D eigenvalue weighted by Gasteiger charge is 2.28. The maximum absolute atomic E-state index is 13.0. The molecule has 1 fully saturated rings. The first-order valence-electron chi connectivity index (χ1n) is 8.16. The largest absolute Gasteiger partial charge is 0.398 e. The number of rotatable bonds is 5. The van der Waals surface area contributed by atoms with Crippen LogP contribution < -0.4 is 5.73 Å². The third-order valence-corrected chi connectivity index (χ3v) is 4.58. The van der Waals surface area contributed by atoms with Crippen molar-refractivity contribution in [1.82, 2.24) is 4.90 Å². The van der Waals surface area contributed by atoms with Crippen LogP contribution >= 0.6 is 0 Å². The van der Waals surface area contributed by atoms with Crippen molar-refractivity contribution in [2.45, 2.75) is 58.9 Å². The van der Waals surface area contributed by atoms with Gasteiger partial charge in [0.2, 0.25) is 0 Å². The van der Waals surface area contributed by atoms with E-state index in [4.69, 9.17) is 5.73 Å². The van der Waals surface area contributed by atoms with Crippen molar-refractivity contribution >= 4 is 11.6 Å². The van der Waals surface area contributed by atoms with E-state index >= 15 is 0 Å². The fourth-order valence-corrected chi connectivity index (χ4v) is 3.10. The van der Waals surface area contributed by atoms with Crippen LogP contribution in [0, 0.1) is 12.8 Å². The topological polar surface area (TPSA) is 46.3 Å². The number of nitrogen functional groups attached to an aromatic ring is 1. The van der Waals surface area contributed by atoms with Crippen LogP contribution in [0.5, 0.6) is 0 Å². The summed E-state index contributed by atoms with van der Waals surface area (Å²) >= 11 is 0. The summed E-state index contributed by atoms with van der Waals surface area (Å²) in [5, 5.41) is 0. The van der Waals surface area contributed by atoms with Crippen molar-refractivity contribution in [3.05, 3.63) is 29.3 Å². The molecule has 1 aromatic carbocycles. The minimum absolute atomic E-state index is 0.160. The molecule has 2 rings (SSSR count). The monoisotopic (exact) mass is 288 g/mol. The maximum Gasteiger partial charge on any atom is 0.254 e. The number of carbonyl (C=O) groups excluding carboxylic acids is 1. The van der Waals surface area contributed by atoms with Crippen LogP contribution in [0.4, 0.5) is 5.69 Å². The standard InChI is InChI=1S/C18H28N2O/c1-13(2)11-12-20(15-7-4-5-8-15)18(21)16-9-6-10-17(19)14(16)3/h6,9-10,13,15H,4-5,7-8,11-12,19H2,1-3H3. The van der Waals surface area contributed by atoms with E-state index in [2.05, 4.69) is 18.7 Å². The van der Waals surface area contributed by atoms with E-state index in [1.807, 2.05) is 25.1 Å². The van der Waals surface area contributed by atoms with E-state index in [0.29, 0.717) is 17.6 Å². The molecule has 1 aromatic rings. The molecule has 0 heterocycles. The molecule has 0 spiro atoms. The number of nitrogens with two attached hydrogens (primary N) is 1. The zero-order chi connectivity index (χ0) is 15.4. The van der Waals surface area contributed by atoms with Crippen molar-refractivity contribution < 1.29 is 4.79 Å². The molecule has 2 N–H and O–H groups in total. The Morgan fingerprint density at radius 3 is 2.62 bits per heavy atom. The highest BCUT2D eigenvalue weighted by Crippen LogP contribution is 2.27. The molecule has 0 bridgehead atoms. The summed E-state index contributed by atoms with van der Waals surface area (Å²) in [6, 6.07) is 6.06. The fraction of sp³-hybridized carbons (Fsp3) is 0.611. The molecule has 21 heavy (non-hydrogen) atoms. The highest BCUT2D eigenvalue weighted by molar-refractivity contribution is 5.97. The van der Waals surface area contributed by atoms with Gasteiger partial charge in [0.05, 0.1) is 0 Å². The molecule has 1 aliphatic carbocycles. The summed E-state index contributed by atoms with van der Waals surface area (Å²) in [7, 11) is 0. The van der Waals surface area contributed by atoms with Crippen LogP contribution in [-0.4, -0.2) is 23.4 Å². The van der Waals surface area contributed by atoms with Gasteiger partial charge in [-0.3, -0.25) is 4.79 Å². The lowest BCUT2D eigenvalue weighted by Gasteiger charge is -2.30. The van der Waals surface area contributed by atoms with Gasteiger partial charge >= 0.3 is 0 Å². The Balaban J connectivity index is 2.22. The molecule has 3 nitrogen and oxygen atoms in total. The average Bonchev–Trinajstić information content (AvgIpc) is 2.95. The van der Waals surface area contributed by atoms with E-state index in [0.717, 1.165) is 36.9 Å². The van der Waals surface area contributed by atoms with Crippen molar-refractivity contribution in [1.29, 1.82) is 0 Å². The van der Waals surface area contributed by atoms with Gasteiger partial charge in [-0.1, -0.05) is 32.8 Å². The van der Waals surface area contributed by atoms with Crippen LogP contribution in [0.2, 0.25) is 0 Å². The van der Waals surface area contributed by atoms with E-state index in [9.17, 15) is 4.79 Å². The summed E-state index contributed by atoms with van der Waals surface area (Å²) in [5.74, 6) is 0.774. The van der Waals surface area contributed by atoms with Gasteiger partial charge in [0.1, 0.15) is 0 Å². The van der Waals surface area contributed by atoms with Gasteiger partial charge in [0.25, 0.3) is 5.91 Å². The zero-order valence-corrected chi connectivity index (χ0v) is 13.6. The van der Waals surface area contributed by atoms with Gasteiger partial charge in [0.15, 0.2) is 0 Å². The minimum atomic E-state index is 0.160. The van der Waals surface area contributed by atoms with E-state index in [-0.39, 0.29) is 5.91 Å². The zero-order valence-electron chi connectivity index (χ0n) is 13.6. The number of amides is 1. The van der Waals surface area contributed by atoms with Crippen LogP contribution in [0.1, 0.15) is 61.9 Å². The Morgan fingerprint density at radius 2 is 2.00 bits per heavy atom. The quantitative estimate of drug-likeness (QED) is 0.832. The predicted octanol–water partition coefficient (Wildman–Crippen LogP) is 4.01. The molecule has 0 saturated heterocycles. The Kier molecular flexibility index (Phi) is 5.27. The average molecular weight is 288 g/mol. The lowest BCUT2D eigenvalue weighted by molar-refractivity contribution is 0.0671. The molecule has 1 aliphatic rings. The Hall–Kier alpha value is -1.51. The molecule has 0 unspecified atom stereocenters. The van der Waals surface area contributed by atoms with Crippen LogP contribution in [-0.2, 0) is 0 Å². The highest BCUT2D eigenvalue weighted by atomic mass is 16.2. The molecule has 0 aromatic heterocycles. The van der Waals surface area contributed by atoms with Crippen molar-refractivity contribution in [3.63, 3.8) is 0 Å². The Labute approximate surface area is 128 Å². The SMILES string of the molecule is Cc1c(N)cccc1C(=O)N(CCC(C)C)C1CCCC1. The van der Waals surface area contributed by atoms with Crippen LogP contribution in [0.3, 0.4) is 0 Å². The molecule has 1 saturated carbocycles. The van der Waals surface area contributed by atoms with Crippen molar-refractivity contribution in [3.8, 4) is 0 Å². The molecule has 0 atom stereocenters. The fourth-order valence-electron chi connectivity index (χ4n) is 3.10.